The zero-order chi connectivity index (χ0) is 7.82. The molecule has 0 aliphatic heterocycles. The first-order valence-electron chi connectivity index (χ1n) is 3.42. The lowest BCUT2D eigenvalue weighted by molar-refractivity contribution is -0.118. The van der Waals surface area contributed by atoms with Crippen LogP contribution in [-0.2, 0) is 4.79 Å². The Balaban J connectivity index is 2.92. The molecule has 3 heteroatoms. The van der Waals surface area contributed by atoms with Crippen LogP contribution in [0.1, 0.15) is 32.1 Å². The van der Waals surface area contributed by atoms with Crippen molar-refractivity contribution in [1.82, 2.24) is 0 Å². The molecule has 0 radical (unpaired) electrons. The molecular formula is C7H12N2O. The zero-order valence-electron chi connectivity index (χ0n) is 5.97. The molecule has 2 N–H and O–H groups in total. The van der Waals surface area contributed by atoms with E-state index in [9.17, 15) is 4.79 Å². The van der Waals surface area contributed by atoms with E-state index in [0.29, 0.717) is 12.8 Å². The Morgan fingerprint density at radius 3 is 2.60 bits per heavy atom. The Morgan fingerprint density at radius 2 is 2.10 bits per heavy atom. The SMILES string of the molecule is N#CCCCCCC(N)=O. The van der Waals surface area contributed by atoms with Crippen LogP contribution in [-0.4, -0.2) is 5.91 Å². The summed E-state index contributed by atoms with van der Waals surface area (Å²) in [6.07, 6.45) is 3.65. The normalized spacial score (nSPS) is 8.70. The molecule has 0 fully saturated rings. The number of unbranched alkanes of at least 4 members (excludes halogenated alkanes) is 3. The molecule has 0 aliphatic rings. The minimum atomic E-state index is -0.253. The fourth-order valence-corrected chi connectivity index (χ4v) is 0.680. The molecule has 3 nitrogen and oxygen atoms in total. The molecular weight excluding hydrogens is 128 g/mol. The summed E-state index contributed by atoms with van der Waals surface area (Å²) >= 11 is 0. The highest BCUT2D eigenvalue weighted by atomic mass is 16.1. The summed E-state index contributed by atoms with van der Waals surface area (Å²) < 4.78 is 0. The highest BCUT2D eigenvalue weighted by molar-refractivity contribution is 5.73. The molecule has 10 heavy (non-hydrogen) atoms. The van der Waals surface area contributed by atoms with Crippen molar-refractivity contribution in [3.8, 4) is 6.07 Å². The van der Waals surface area contributed by atoms with Gasteiger partial charge < -0.3 is 5.73 Å². The van der Waals surface area contributed by atoms with E-state index in [1.807, 2.05) is 6.07 Å². The Hall–Kier alpha value is -1.04. The molecule has 0 rings (SSSR count). The fourth-order valence-electron chi connectivity index (χ4n) is 0.680. The Labute approximate surface area is 60.8 Å². The van der Waals surface area contributed by atoms with Crippen molar-refractivity contribution in [2.45, 2.75) is 32.1 Å². The quantitative estimate of drug-likeness (QED) is 0.577. The molecule has 0 aromatic rings. The molecule has 1 amide bonds. The predicted molar refractivity (Wildman–Crippen MR) is 37.9 cm³/mol. The largest absolute Gasteiger partial charge is 0.370 e. The maximum atomic E-state index is 10.2. The van der Waals surface area contributed by atoms with Gasteiger partial charge in [-0.15, -0.1) is 0 Å². The summed E-state index contributed by atoms with van der Waals surface area (Å²) in [6, 6.07) is 2.04. The Bertz CT molecular complexity index is 137. The number of nitrogens with two attached hydrogens (primary N) is 1. The Morgan fingerprint density at radius 1 is 1.40 bits per heavy atom. The predicted octanol–water partition coefficient (Wildman–Crippen LogP) is 0.946. The average Bonchev–Trinajstić information content (AvgIpc) is 1.87. The van der Waals surface area contributed by atoms with E-state index < -0.39 is 0 Å². The first-order chi connectivity index (χ1) is 4.77. The third kappa shape index (κ3) is 6.96. The maximum Gasteiger partial charge on any atom is 0.217 e. The molecule has 0 aromatic carbocycles. The maximum absolute atomic E-state index is 10.2. The third-order valence-corrected chi connectivity index (χ3v) is 1.21. The fraction of sp³-hybridized carbons (Fsp3) is 0.714. The molecule has 0 aliphatic carbocycles. The van der Waals surface area contributed by atoms with Crippen LogP contribution in [0, 0.1) is 11.3 Å². The highest BCUT2D eigenvalue weighted by Crippen LogP contribution is 2.00. The lowest BCUT2D eigenvalue weighted by Crippen LogP contribution is -2.09. The lowest BCUT2D eigenvalue weighted by atomic mass is 10.1. The molecule has 0 spiro atoms. The van der Waals surface area contributed by atoms with Gasteiger partial charge in [-0.25, -0.2) is 0 Å². The van der Waals surface area contributed by atoms with Crippen molar-refractivity contribution in [2.24, 2.45) is 5.73 Å². The average molecular weight is 140 g/mol. The second-order valence-corrected chi connectivity index (χ2v) is 2.19. The number of carbonyl (C=O) groups is 1. The van der Waals surface area contributed by atoms with Crippen LogP contribution in [0.25, 0.3) is 0 Å². The third-order valence-electron chi connectivity index (χ3n) is 1.21. The van der Waals surface area contributed by atoms with Crippen molar-refractivity contribution in [1.29, 1.82) is 5.26 Å². The van der Waals surface area contributed by atoms with Gasteiger partial charge in [0.2, 0.25) is 5.91 Å². The van der Waals surface area contributed by atoms with Gasteiger partial charge in [-0.05, 0) is 12.8 Å². The van der Waals surface area contributed by atoms with Crippen LogP contribution in [0.3, 0.4) is 0 Å². The first kappa shape index (κ1) is 8.96. The first-order valence-corrected chi connectivity index (χ1v) is 3.42. The van der Waals surface area contributed by atoms with Crippen molar-refractivity contribution >= 4 is 5.91 Å². The molecule has 0 bridgehead atoms. The van der Waals surface area contributed by atoms with Crippen LogP contribution in [0.5, 0.6) is 0 Å². The van der Waals surface area contributed by atoms with E-state index in [-0.39, 0.29) is 5.91 Å². The van der Waals surface area contributed by atoms with Gasteiger partial charge in [0.25, 0.3) is 0 Å². The summed E-state index contributed by atoms with van der Waals surface area (Å²) in [5.74, 6) is -0.253. The summed E-state index contributed by atoms with van der Waals surface area (Å²) in [4.78, 5) is 10.2. The summed E-state index contributed by atoms with van der Waals surface area (Å²) in [5, 5.41) is 8.13. The van der Waals surface area contributed by atoms with Crippen LogP contribution in [0.15, 0.2) is 0 Å². The van der Waals surface area contributed by atoms with E-state index in [2.05, 4.69) is 0 Å². The second-order valence-electron chi connectivity index (χ2n) is 2.19. The number of rotatable bonds is 5. The zero-order valence-corrected chi connectivity index (χ0v) is 5.97. The van der Waals surface area contributed by atoms with Crippen molar-refractivity contribution in [2.75, 3.05) is 0 Å². The number of amides is 1. The van der Waals surface area contributed by atoms with E-state index in [1.54, 1.807) is 0 Å². The number of hydrogen-bond acceptors (Lipinski definition) is 2. The highest BCUT2D eigenvalue weighted by Gasteiger charge is 1.92. The van der Waals surface area contributed by atoms with Gasteiger partial charge in [0.1, 0.15) is 0 Å². The van der Waals surface area contributed by atoms with Gasteiger partial charge in [-0.2, -0.15) is 5.26 Å². The molecule has 0 unspecified atom stereocenters. The van der Waals surface area contributed by atoms with Gasteiger partial charge in [0.15, 0.2) is 0 Å². The minimum absolute atomic E-state index is 0.253. The van der Waals surface area contributed by atoms with E-state index in [1.165, 1.54) is 0 Å². The molecule has 0 aromatic heterocycles. The van der Waals surface area contributed by atoms with Crippen molar-refractivity contribution < 1.29 is 4.79 Å². The molecule has 0 saturated heterocycles. The van der Waals surface area contributed by atoms with E-state index >= 15 is 0 Å². The summed E-state index contributed by atoms with van der Waals surface area (Å²) in [5.41, 5.74) is 4.90. The smallest absolute Gasteiger partial charge is 0.217 e. The van der Waals surface area contributed by atoms with E-state index in [0.717, 1.165) is 19.3 Å². The number of nitrogens with zero attached hydrogens (tertiary/aromatic N) is 1. The summed E-state index contributed by atoms with van der Waals surface area (Å²) in [7, 11) is 0. The van der Waals surface area contributed by atoms with Gasteiger partial charge >= 0.3 is 0 Å². The molecule has 0 heterocycles. The number of primary amides is 1. The molecule has 56 valence electrons. The van der Waals surface area contributed by atoms with Crippen LogP contribution < -0.4 is 5.73 Å². The second kappa shape index (κ2) is 6.09. The standard InChI is InChI=1S/C7H12N2O/c8-6-4-2-1-3-5-7(9)10/h1-5H2,(H2,9,10). The lowest BCUT2D eigenvalue weighted by Gasteiger charge is -1.92. The topological polar surface area (TPSA) is 66.9 Å². The van der Waals surface area contributed by atoms with Gasteiger partial charge in [-0.1, -0.05) is 6.42 Å². The van der Waals surface area contributed by atoms with Crippen molar-refractivity contribution in [3.63, 3.8) is 0 Å². The Kier molecular flexibility index (Phi) is 5.45. The monoisotopic (exact) mass is 140 g/mol. The molecule has 0 saturated carbocycles. The minimum Gasteiger partial charge on any atom is -0.370 e. The molecule has 0 atom stereocenters. The van der Waals surface area contributed by atoms with Crippen LogP contribution >= 0.6 is 0 Å². The van der Waals surface area contributed by atoms with Crippen molar-refractivity contribution in [3.05, 3.63) is 0 Å². The van der Waals surface area contributed by atoms with Gasteiger partial charge in [-0.3, -0.25) is 4.79 Å². The summed E-state index contributed by atoms with van der Waals surface area (Å²) in [6.45, 7) is 0. The number of carbonyl (C=O) groups excluding carboxylic acids is 1. The van der Waals surface area contributed by atoms with Gasteiger partial charge in [0, 0.05) is 12.8 Å². The number of nitriles is 1. The van der Waals surface area contributed by atoms with Crippen LogP contribution in [0.2, 0.25) is 0 Å². The number of hydrogen-bond donors (Lipinski definition) is 1. The van der Waals surface area contributed by atoms with E-state index in [4.69, 9.17) is 11.0 Å². The van der Waals surface area contributed by atoms with Gasteiger partial charge in [0.05, 0.1) is 6.07 Å². The van der Waals surface area contributed by atoms with Crippen LogP contribution in [0.4, 0.5) is 0 Å².